The zero-order chi connectivity index (χ0) is 13.8. The van der Waals surface area contributed by atoms with E-state index in [2.05, 4.69) is 15.5 Å². The van der Waals surface area contributed by atoms with E-state index in [1.807, 2.05) is 13.8 Å². The Morgan fingerprint density at radius 1 is 1.26 bits per heavy atom. The Bertz CT molecular complexity index is 467. The van der Waals surface area contributed by atoms with Gasteiger partial charge in [-0.15, -0.1) is 5.10 Å². The minimum atomic E-state index is 0.390. The number of anilines is 1. The molecule has 0 atom stereocenters. The van der Waals surface area contributed by atoms with Crippen molar-refractivity contribution >= 4 is 23.0 Å². The molecule has 1 aromatic rings. The minimum Gasteiger partial charge on any atom is -0.389 e. The van der Waals surface area contributed by atoms with Gasteiger partial charge in [0.1, 0.15) is 4.99 Å². The van der Waals surface area contributed by atoms with Crippen LogP contribution in [0.25, 0.3) is 0 Å². The summed E-state index contributed by atoms with van der Waals surface area (Å²) in [6.07, 6.45) is 6.65. The highest BCUT2D eigenvalue weighted by Crippen LogP contribution is 2.25. The third-order valence-corrected chi connectivity index (χ3v) is 4.19. The molecule has 104 valence electrons. The van der Waals surface area contributed by atoms with Crippen molar-refractivity contribution in [2.45, 2.75) is 46.0 Å². The lowest BCUT2D eigenvalue weighted by Gasteiger charge is -2.22. The molecular weight excluding hydrogens is 256 g/mol. The molecule has 0 unspecified atom stereocenters. The summed E-state index contributed by atoms with van der Waals surface area (Å²) < 4.78 is 0. The van der Waals surface area contributed by atoms with Crippen LogP contribution in [0.5, 0.6) is 0 Å². The first-order valence-corrected chi connectivity index (χ1v) is 7.38. The molecule has 4 nitrogen and oxygen atoms in total. The average Bonchev–Trinajstić information content (AvgIpc) is 2.41. The van der Waals surface area contributed by atoms with E-state index in [0.29, 0.717) is 4.99 Å². The summed E-state index contributed by atoms with van der Waals surface area (Å²) in [5, 5.41) is 11.8. The lowest BCUT2D eigenvalue weighted by atomic mass is 9.89. The predicted octanol–water partition coefficient (Wildman–Crippen LogP) is 2.72. The first-order chi connectivity index (χ1) is 9.09. The molecular formula is C14H22N4S. The van der Waals surface area contributed by atoms with Gasteiger partial charge in [-0.05, 0) is 38.2 Å². The van der Waals surface area contributed by atoms with Gasteiger partial charge in [0, 0.05) is 6.54 Å². The molecule has 1 aliphatic carbocycles. The Morgan fingerprint density at radius 3 is 2.58 bits per heavy atom. The van der Waals surface area contributed by atoms with Crippen LogP contribution in [0.15, 0.2) is 0 Å². The van der Waals surface area contributed by atoms with Crippen LogP contribution >= 0.6 is 12.2 Å². The van der Waals surface area contributed by atoms with Crippen molar-refractivity contribution in [2.75, 3.05) is 11.9 Å². The normalized spacial score (nSPS) is 16.3. The Hall–Kier alpha value is -1.23. The third kappa shape index (κ3) is 3.41. The number of aryl methyl sites for hydroxylation is 1. The number of nitrogens with one attached hydrogen (secondary N) is 1. The second-order valence-electron chi connectivity index (χ2n) is 5.38. The highest BCUT2D eigenvalue weighted by molar-refractivity contribution is 7.80. The molecule has 1 heterocycles. The van der Waals surface area contributed by atoms with Crippen LogP contribution in [-0.2, 0) is 0 Å². The van der Waals surface area contributed by atoms with E-state index in [-0.39, 0.29) is 0 Å². The van der Waals surface area contributed by atoms with Crippen LogP contribution < -0.4 is 11.1 Å². The maximum absolute atomic E-state index is 5.82. The molecule has 1 fully saturated rings. The number of thiocarbonyl (C=S) groups is 1. The van der Waals surface area contributed by atoms with Crippen LogP contribution in [0.1, 0.15) is 48.9 Å². The highest BCUT2D eigenvalue weighted by atomic mass is 32.1. The van der Waals surface area contributed by atoms with Crippen molar-refractivity contribution in [3.63, 3.8) is 0 Å². The monoisotopic (exact) mass is 278 g/mol. The SMILES string of the molecule is Cc1nnc(NCC2CCCCC2)c(C(N)=S)c1C. The molecule has 0 aromatic carbocycles. The molecule has 1 aliphatic rings. The maximum atomic E-state index is 5.82. The fourth-order valence-corrected chi connectivity index (χ4v) is 2.92. The van der Waals surface area contributed by atoms with E-state index in [9.17, 15) is 0 Å². The number of hydrogen-bond acceptors (Lipinski definition) is 4. The smallest absolute Gasteiger partial charge is 0.159 e. The van der Waals surface area contributed by atoms with Gasteiger partial charge in [0.05, 0.1) is 11.3 Å². The van der Waals surface area contributed by atoms with Crippen LogP contribution in [0.3, 0.4) is 0 Å². The standard InChI is InChI=1S/C14H22N4S/c1-9-10(2)17-18-14(12(9)13(15)19)16-8-11-6-4-3-5-7-11/h11H,3-8H2,1-2H3,(H2,15,19)(H,16,18). The maximum Gasteiger partial charge on any atom is 0.159 e. The van der Waals surface area contributed by atoms with Crippen molar-refractivity contribution in [1.29, 1.82) is 0 Å². The van der Waals surface area contributed by atoms with E-state index in [1.54, 1.807) is 0 Å². The van der Waals surface area contributed by atoms with E-state index < -0.39 is 0 Å². The fraction of sp³-hybridized carbons (Fsp3) is 0.643. The summed E-state index contributed by atoms with van der Waals surface area (Å²) in [5.74, 6) is 1.47. The van der Waals surface area contributed by atoms with Crippen molar-refractivity contribution in [3.05, 3.63) is 16.8 Å². The quantitative estimate of drug-likeness (QED) is 0.829. The fourth-order valence-electron chi connectivity index (χ4n) is 2.67. The van der Waals surface area contributed by atoms with E-state index >= 15 is 0 Å². The van der Waals surface area contributed by atoms with Crippen molar-refractivity contribution < 1.29 is 0 Å². The average molecular weight is 278 g/mol. The molecule has 19 heavy (non-hydrogen) atoms. The molecule has 0 radical (unpaired) electrons. The molecule has 1 saturated carbocycles. The van der Waals surface area contributed by atoms with Crippen LogP contribution in [-0.4, -0.2) is 21.7 Å². The zero-order valence-electron chi connectivity index (χ0n) is 11.7. The van der Waals surface area contributed by atoms with Crippen molar-refractivity contribution in [2.24, 2.45) is 11.7 Å². The molecule has 0 amide bonds. The van der Waals surface area contributed by atoms with Crippen LogP contribution in [0, 0.1) is 19.8 Å². The Labute approximate surface area is 120 Å². The molecule has 0 bridgehead atoms. The second-order valence-corrected chi connectivity index (χ2v) is 5.82. The molecule has 5 heteroatoms. The first-order valence-electron chi connectivity index (χ1n) is 6.97. The lowest BCUT2D eigenvalue weighted by Crippen LogP contribution is -2.22. The van der Waals surface area contributed by atoms with Gasteiger partial charge in [0.15, 0.2) is 5.82 Å². The van der Waals surface area contributed by atoms with Crippen LogP contribution in [0.2, 0.25) is 0 Å². The van der Waals surface area contributed by atoms with Gasteiger partial charge < -0.3 is 11.1 Å². The van der Waals surface area contributed by atoms with Gasteiger partial charge in [-0.2, -0.15) is 5.10 Å². The van der Waals surface area contributed by atoms with E-state index in [1.165, 1.54) is 32.1 Å². The summed E-state index contributed by atoms with van der Waals surface area (Å²) in [6, 6.07) is 0. The molecule has 0 spiro atoms. The van der Waals surface area contributed by atoms with Gasteiger partial charge in [-0.3, -0.25) is 0 Å². The topological polar surface area (TPSA) is 63.8 Å². The Kier molecular flexibility index (Phi) is 4.69. The van der Waals surface area contributed by atoms with Gasteiger partial charge in [-0.25, -0.2) is 0 Å². The Balaban J connectivity index is 2.11. The van der Waals surface area contributed by atoms with E-state index in [4.69, 9.17) is 18.0 Å². The second kappa shape index (κ2) is 6.28. The largest absolute Gasteiger partial charge is 0.389 e. The number of hydrogen-bond donors (Lipinski definition) is 2. The molecule has 1 aromatic heterocycles. The molecule has 0 saturated heterocycles. The van der Waals surface area contributed by atoms with Crippen molar-refractivity contribution in [3.8, 4) is 0 Å². The summed E-state index contributed by atoms with van der Waals surface area (Å²) in [5.41, 5.74) is 8.56. The molecule has 2 rings (SSSR count). The predicted molar refractivity (Wildman–Crippen MR) is 82.5 cm³/mol. The summed E-state index contributed by atoms with van der Waals surface area (Å²) >= 11 is 5.14. The summed E-state index contributed by atoms with van der Waals surface area (Å²) in [4.78, 5) is 0.390. The Morgan fingerprint density at radius 2 is 1.95 bits per heavy atom. The van der Waals surface area contributed by atoms with Gasteiger partial charge >= 0.3 is 0 Å². The van der Waals surface area contributed by atoms with Crippen LogP contribution in [0.4, 0.5) is 5.82 Å². The molecule has 3 N–H and O–H groups in total. The first kappa shape index (κ1) is 14.2. The number of aromatic nitrogens is 2. The van der Waals surface area contributed by atoms with Gasteiger partial charge in [-0.1, -0.05) is 31.5 Å². The number of nitrogens with two attached hydrogens (primary N) is 1. The summed E-state index contributed by atoms with van der Waals surface area (Å²) in [6.45, 7) is 4.85. The van der Waals surface area contributed by atoms with E-state index in [0.717, 1.165) is 35.1 Å². The number of rotatable bonds is 4. The minimum absolute atomic E-state index is 0.390. The van der Waals surface area contributed by atoms with Gasteiger partial charge in [0.25, 0.3) is 0 Å². The van der Waals surface area contributed by atoms with Gasteiger partial charge in [0.2, 0.25) is 0 Å². The number of nitrogens with zero attached hydrogens (tertiary/aromatic N) is 2. The van der Waals surface area contributed by atoms with Crippen molar-refractivity contribution in [1.82, 2.24) is 10.2 Å². The summed E-state index contributed by atoms with van der Waals surface area (Å²) in [7, 11) is 0. The third-order valence-electron chi connectivity index (χ3n) is 3.98. The zero-order valence-corrected chi connectivity index (χ0v) is 12.5. The lowest BCUT2D eigenvalue weighted by molar-refractivity contribution is 0.373. The highest BCUT2D eigenvalue weighted by Gasteiger charge is 2.17. The molecule has 0 aliphatic heterocycles.